The Morgan fingerprint density at radius 2 is 1.57 bits per heavy atom. The highest BCUT2D eigenvalue weighted by molar-refractivity contribution is 6.05. The summed E-state index contributed by atoms with van der Waals surface area (Å²) in [5, 5.41) is 7.27. The number of nitrogens with zero attached hydrogens (tertiary/aromatic N) is 2. The summed E-state index contributed by atoms with van der Waals surface area (Å²) in [5.74, 6) is -0.249. The molecule has 4 rings (SSSR count). The van der Waals surface area contributed by atoms with Gasteiger partial charge in [-0.25, -0.2) is 4.68 Å². The number of nitrogen functional groups attached to an aromatic ring is 1. The number of nitrogens with one attached hydrogen (secondary N) is 1. The number of benzene rings is 3. The average Bonchev–Trinajstić information content (AvgIpc) is 2.78. The molecule has 0 unspecified atom stereocenters. The van der Waals surface area contributed by atoms with E-state index in [1.165, 1.54) is 10.7 Å². The number of para-hydroxylation sites is 2. The summed E-state index contributed by atoms with van der Waals surface area (Å²) >= 11 is 0. The highest BCUT2D eigenvalue weighted by atomic mass is 16.1. The number of amides is 1. The summed E-state index contributed by atoms with van der Waals surface area (Å²) in [5.41, 5.74) is 9.80. The molecule has 0 saturated heterocycles. The molecule has 0 bridgehead atoms. The van der Waals surface area contributed by atoms with Gasteiger partial charge in [-0.1, -0.05) is 54.6 Å². The van der Waals surface area contributed by atoms with Gasteiger partial charge in [-0.2, -0.15) is 5.10 Å². The van der Waals surface area contributed by atoms with Crippen molar-refractivity contribution in [3.05, 3.63) is 112 Å². The zero-order valence-corrected chi connectivity index (χ0v) is 16.2. The van der Waals surface area contributed by atoms with Crippen LogP contribution in [0.5, 0.6) is 0 Å². The van der Waals surface area contributed by atoms with E-state index in [0.717, 1.165) is 16.8 Å². The zero-order chi connectivity index (χ0) is 20.9. The van der Waals surface area contributed by atoms with Gasteiger partial charge in [0.15, 0.2) is 0 Å². The van der Waals surface area contributed by atoms with Crippen LogP contribution in [0.25, 0.3) is 11.3 Å². The average molecular weight is 396 g/mol. The SMILES string of the molecule is Nc1ccccc1NC(=O)c1ccc(Cn2nc(-c3ccccc3)ccc2=O)cc1. The Balaban J connectivity index is 1.51. The fourth-order valence-electron chi connectivity index (χ4n) is 3.06. The van der Waals surface area contributed by atoms with Gasteiger partial charge in [0.2, 0.25) is 0 Å². The molecule has 0 aliphatic carbocycles. The Kier molecular flexibility index (Phi) is 5.39. The van der Waals surface area contributed by atoms with Crippen LogP contribution in [-0.2, 0) is 6.54 Å². The third-order valence-corrected chi connectivity index (χ3v) is 4.69. The van der Waals surface area contributed by atoms with E-state index in [1.807, 2.05) is 54.6 Å². The first-order valence-corrected chi connectivity index (χ1v) is 9.48. The van der Waals surface area contributed by atoms with Crippen molar-refractivity contribution in [2.75, 3.05) is 11.1 Å². The highest BCUT2D eigenvalue weighted by Crippen LogP contribution is 2.18. The first-order valence-electron chi connectivity index (χ1n) is 9.48. The molecular formula is C24H20N4O2. The molecule has 30 heavy (non-hydrogen) atoms. The van der Waals surface area contributed by atoms with Crippen molar-refractivity contribution >= 4 is 17.3 Å². The molecule has 1 aromatic heterocycles. The molecule has 148 valence electrons. The van der Waals surface area contributed by atoms with Crippen LogP contribution in [0.3, 0.4) is 0 Å². The van der Waals surface area contributed by atoms with Gasteiger partial charge in [-0.15, -0.1) is 0 Å². The van der Waals surface area contributed by atoms with Crippen molar-refractivity contribution in [3.8, 4) is 11.3 Å². The maximum absolute atomic E-state index is 12.5. The molecule has 0 aliphatic heterocycles. The largest absolute Gasteiger partial charge is 0.397 e. The third kappa shape index (κ3) is 4.28. The topological polar surface area (TPSA) is 90.0 Å². The number of rotatable bonds is 5. The lowest BCUT2D eigenvalue weighted by molar-refractivity contribution is 0.102. The summed E-state index contributed by atoms with van der Waals surface area (Å²) < 4.78 is 1.42. The lowest BCUT2D eigenvalue weighted by Gasteiger charge is -2.10. The Morgan fingerprint density at radius 3 is 2.30 bits per heavy atom. The molecule has 1 heterocycles. The van der Waals surface area contributed by atoms with Gasteiger partial charge in [0.25, 0.3) is 11.5 Å². The molecule has 3 N–H and O–H groups in total. The predicted octanol–water partition coefficient (Wildman–Crippen LogP) is 3.79. The van der Waals surface area contributed by atoms with E-state index in [2.05, 4.69) is 10.4 Å². The Bertz CT molecular complexity index is 1230. The van der Waals surface area contributed by atoms with E-state index in [4.69, 9.17) is 5.73 Å². The van der Waals surface area contributed by atoms with Crippen molar-refractivity contribution in [1.82, 2.24) is 9.78 Å². The molecule has 0 atom stereocenters. The van der Waals surface area contributed by atoms with E-state index in [1.54, 1.807) is 30.3 Å². The quantitative estimate of drug-likeness (QED) is 0.502. The molecule has 0 spiro atoms. The fourth-order valence-corrected chi connectivity index (χ4v) is 3.06. The van der Waals surface area contributed by atoms with E-state index in [0.29, 0.717) is 23.5 Å². The van der Waals surface area contributed by atoms with E-state index in [-0.39, 0.29) is 11.5 Å². The zero-order valence-electron chi connectivity index (χ0n) is 16.2. The maximum atomic E-state index is 12.5. The molecule has 0 saturated carbocycles. The first kappa shape index (κ1) is 19.1. The number of hydrogen-bond donors (Lipinski definition) is 2. The number of anilines is 2. The summed E-state index contributed by atoms with van der Waals surface area (Å²) in [4.78, 5) is 24.7. The Morgan fingerprint density at radius 1 is 0.867 bits per heavy atom. The predicted molar refractivity (Wildman–Crippen MR) is 118 cm³/mol. The van der Waals surface area contributed by atoms with Crippen LogP contribution in [0, 0.1) is 0 Å². The van der Waals surface area contributed by atoms with Gasteiger partial charge >= 0.3 is 0 Å². The molecule has 4 aromatic rings. The second-order valence-electron chi connectivity index (χ2n) is 6.82. The van der Waals surface area contributed by atoms with Crippen LogP contribution in [-0.4, -0.2) is 15.7 Å². The lowest BCUT2D eigenvalue weighted by Crippen LogP contribution is -2.23. The molecule has 0 fully saturated rings. The standard InChI is InChI=1S/C24H20N4O2/c25-20-8-4-5-9-22(20)26-24(30)19-12-10-17(11-13-19)16-28-23(29)15-14-21(27-28)18-6-2-1-3-7-18/h1-15H,16,25H2,(H,26,30). The number of hydrogen-bond acceptors (Lipinski definition) is 4. The van der Waals surface area contributed by atoms with Crippen LogP contribution < -0.4 is 16.6 Å². The number of nitrogens with two attached hydrogens (primary N) is 1. The second kappa shape index (κ2) is 8.45. The molecule has 1 amide bonds. The minimum atomic E-state index is -0.249. The van der Waals surface area contributed by atoms with Crippen molar-refractivity contribution in [3.63, 3.8) is 0 Å². The van der Waals surface area contributed by atoms with Gasteiger partial charge in [-0.05, 0) is 35.9 Å². The molecule has 6 nitrogen and oxygen atoms in total. The first-order chi connectivity index (χ1) is 14.6. The van der Waals surface area contributed by atoms with Gasteiger partial charge in [0.05, 0.1) is 23.6 Å². The van der Waals surface area contributed by atoms with Gasteiger partial charge in [0.1, 0.15) is 0 Å². The third-order valence-electron chi connectivity index (χ3n) is 4.69. The van der Waals surface area contributed by atoms with Gasteiger partial charge in [-0.3, -0.25) is 9.59 Å². The minimum Gasteiger partial charge on any atom is -0.397 e. The summed E-state index contributed by atoms with van der Waals surface area (Å²) in [7, 11) is 0. The van der Waals surface area contributed by atoms with Crippen LogP contribution in [0.15, 0.2) is 95.8 Å². The van der Waals surface area contributed by atoms with Gasteiger partial charge < -0.3 is 11.1 Å². The minimum absolute atomic E-state index is 0.184. The summed E-state index contributed by atoms with van der Waals surface area (Å²) in [6, 6.07) is 27.1. The van der Waals surface area contributed by atoms with Crippen LogP contribution in [0.4, 0.5) is 11.4 Å². The number of carbonyl (C=O) groups excluding carboxylic acids is 1. The normalized spacial score (nSPS) is 10.5. The van der Waals surface area contributed by atoms with Crippen LogP contribution in [0.2, 0.25) is 0 Å². The number of aromatic nitrogens is 2. The highest BCUT2D eigenvalue weighted by Gasteiger charge is 2.09. The maximum Gasteiger partial charge on any atom is 0.267 e. The van der Waals surface area contributed by atoms with E-state index in [9.17, 15) is 9.59 Å². The molecule has 6 heteroatoms. The Labute approximate surface area is 173 Å². The van der Waals surface area contributed by atoms with Crippen molar-refractivity contribution in [1.29, 1.82) is 0 Å². The van der Waals surface area contributed by atoms with Crippen LogP contribution >= 0.6 is 0 Å². The Hall–Kier alpha value is -4.19. The number of carbonyl (C=O) groups is 1. The van der Waals surface area contributed by atoms with Crippen molar-refractivity contribution in [2.45, 2.75) is 6.54 Å². The second-order valence-corrected chi connectivity index (χ2v) is 6.82. The van der Waals surface area contributed by atoms with E-state index < -0.39 is 0 Å². The lowest BCUT2D eigenvalue weighted by atomic mass is 10.1. The monoisotopic (exact) mass is 396 g/mol. The smallest absolute Gasteiger partial charge is 0.267 e. The van der Waals surface area contributed by atoms with Crippen molar-refractivity contribution in [2.24, 2.45) is 0 Å². The summed E-state index contributed by atoms with van der Waals surface area (Å²) in [6.07, 6.45) is 0. The summed E-state index contributed by atoms with van der Waals surface area (Å²) in [6.45, 7) is 0.313. The van der Waals surface area contributed by atoms with Crippen molar-refractivity contribution < 1.29 is 4.79 Å². The molecular weight excluding hydrogens is 376 g/mol. The van der Waals surface area contributed by atoms with Crippen LogP contribution in [0.1, 0.15) is 15.9 Å². The molecule has 3 aromatic carbocycles. The van der Waals surface area contributed by atoms with E-state index >= 15 is 0 Å². The molecule has 0 aliphatic rings. The fraction of sp³-hybridized carbons (Fsp3) is 0.0417. The molecule has 0 radical (unpaired) electrons. The van der Waals surface area contributed by atoms with Gasteiger partial charge in [0, 0.05) is 17.2 Å².